The van der Waals surface area contributed by atoms with E-state index in [1.54, 1.807) is 0 Å². The summed E-state index contributed by atoms with van der Waals surface area (Å²) in [4.78, 5) is 83.4. The SMILES string of the molecule is Cc1c(F)c(F)c(F)c(OC(=O)CCOCCOCCOCCOCCOCCC(=O)N[C@H]2C3OP(O)(=S)OC[C@H]4O[C@@H](n5cnc6c(=O)[nH]c(N)nc65)C(O)[C@H]4OP(=O)(S)OC[C@H]3O[C@H]2n2cnc3c(=O)[nH]c(N)nc32)c1F. The van der Waals surface area contributed by atoms with Crippen LogP contribution in [0.5, 0.6) is 5.75 Å². The molecule has 3 fully saturated rings. The van der Waals surface area contributed by atoms with E-state index in [4.69, 9.17) is 74.5 Å². The van der Waals surface area contributed by atoms with Crippen LogP contribution in [-0.4, -0.2) is 177 Å². The number of aromatic nitrogens is 8. The highest BCUT2D eigenvalue weighted by Gasteiger charge is 2.54. The predicted molar refractivity (Wildman–Crippen MR) is 266 cm³/mol. The summed E-state index contributed by atoms with van der Waals surface area (Å²) in [7, 11) is 0. The molecule has 79 heavy (non-hydrogen) atoms. The summed E-state index contributed by atoms with van der Waals surface area (Å²) in [5, 5.41) is 14.3. The zero-order valence-corrected chi connectivity index (χ0v) is 44.6. The summed E-state index contributed by atoms with van der Waals surface area (Å²) in [6, 6.07) is -1.33. The second kappa shape index (κ2) is 26.2. The molecule has 1 amide bonds. The van der Waals surface area contributed by atoms with Crippen molar-refractivity contribution in [2.24, 2.45) is 0 Å². The number of nitrogens with two attached hydrogens (primary N) is 2. The molecule has 0 radical (unpaired) electrons. The van der Waals surface area contributed by atoms with Gasteiger partial charge in [-0.1, -0.05) is 12.2 Å². The Kier molecular flexibility index (Phi) is 19.9. The van der Waals surface area contributed by atoms with E-state index in [-0.39, 0.29) is 107 Å². The molecule has 7 heterocycles. The Balaban J connectivity index is 0.791. The van der Waals surface area contributed by atoms with E-state index in [1.165, 1.54) is 15.5 Å². The molecule has 8 rings (SSSR count). The number of aromatic amines is 2. The van der Waals surface area contributed by atoms with Crippen LogP contribution in [0.25, 0.3) is 22.3 Å². The van der Waals surface area contributed by atoms with Crippen molar-refractivity contribution >= 4 is 83.7 Å². The number of nitrogen functional groups attached to an aromatic ring is 2. The van der Waals surface area contributed by atoms with Gasteiger partial charge in [-0.05, 0) is 18.7 Å². The number of nitrogens with zero attached hydrogens (tertiary/aromatic N) is 6. The summed E-state index contributed by atoms with van der Waals surface area (Å²) >= 11 is 9.58. The molecule has 0 aliphatic carbocycles. The lowest BCUT2D eigenvalue weighted by Gasteiger charge is -2.31. The molecule has 434 valence electrons. The van der Waals surface area contributed by atoms with Crippen LogP contribution in [0.2, 0.25) is 0 Å². The maximum absolute atomic E-state index is 14.1. The van der Waals surface area contributed by atoms with Gasteiger partial charge in [0.2, 0.25) is 29.4 Å². The molecule has 38 heteroatoms. The second-order valence-corrected chi connectivity index (χ2v) is 22.8. The third-order valence-electron chi connectivity index (χ3n) is 11.8. The monoisotopic (exact) mass is 1200 g/mol. The maximum Gasteiger partial charge on any atom is 0.386 e. The average Bonchev–Trinajstić information content (AvgIpc) is 4.40. The molecule has 3 aliphatic rings. The second-order valence-electron chi connectivity index (χ2n) is 17.2. The molecule has 4 aromatic heterocycles. The topological polar surface area (TPSA) is 394 Å². The van der Waals surface area contributed by atoms with E-state index in [9.17, 15) is 51.3 Å². The molecule has 3 aliphatic heterocycles. The lowest BCUT2D eigenvalue weighted by Crippen LogP contribution is -2.48. The first kappa shape index (κ1) is 60.0. The Morgan fingerprint density at radius 2 is 1.25 bits per heavy atom. The molecule has 0 bridgehead atoms. The van der Waals surface area contributed by atoms with E-state index in [0.29, 0.717) is 0 Å². The lowest BCUT2D eigenvalue weighted by molar-refractivity contribution is -0.136. The Hall–Kier alpha value is -5.11. The van der Waals surface area contributed by atoms with Gasteiger partial charge in [-0.2, -0.15) is 14.4 Å². The van der Waals surface area contributed by atoms with Gasteiger partial charge in [-0.15, -0.1) is 0 Å². The number of aliphatic hydroxyl groups is 1. The summed E-state index contributed by atoms with van der Waals surface area (Å²) in [6.45, 7) is -8.68. The predicted octanol–water partition coefficient (Wildman–Crippen LogP) is 0.463. The van der Waals surface area contributed by atoms with Crippen molar-refractivity contribution in [3.63, 3.8) is 0 Å². The van der Waals surface area contributed by atoms with Crippen molar-refractivity contribution in [2.45, 2.75) is 68.8 Å². The first-order valence-corrected chi connectivity index (χ1v) is 28.9. The third kappa shape index (κ3) is 14.5. The Bertz CT molecular complexity index is 3210. The van der Waals surface area contributed by atoms with Crippen LogP contribution in [0.4, 0.5) is 29.5 Å². The molecule has 0 spiro atoms. The molecule has 1 aromatic carbocycles. The molecular formula is C41H51F4N11O19P2S2. The number of thiol groups is 1. The van der Waals surface area contributed by atoms with Gasteiger partial charge in [-0.3, -0.25) is 47.3 Å². The van der Waals surface area contributed by atoms with E-state index >= 15 is 0 Å². The summed E-state index contributed by atoms with van der Waals surface area (Å²) in [5.41, 5.74) is 8.91. The van der Waals surface area contributed by atoms with Crippen LogP contribution >= 0.6 is 25.8 Å². The number of carbonyl (C=O) groups excluding carboxylic acids is 2. The zero-order valence-electron chi connectivity index (χ0n) is 41.1. The zero-order chi connectivity index (χ0) is 56.8. The van der Waals surface area contributed by atoms with Gasteiger partial charge in [-0.25, -0.2) is 27.7 Å². The van der Waals surface area contributed by atoms with Gasteiger partial charge >= 0.3 is 19.5 Å². The number of imidazole rings is 2. The van der Waals surface area contributed by atoms with E-state index in [2.05, 4.69) is 52.2 Å². The number of ether oxygens (including phenoxy) is 8. The number of H-pyrrole nitrogens is 2. The number of benzene rings is 1. The number of esters is 1. The smallest absolute Gasteiger partial charge is 0.386 e. The number of carbonyl (C=O) groups is 2. The fourth-order valence-electron chi connectivity index (χ4n) is 8.11. The van der Waals surface area contributed by atoms with Crippen LogP contribution in [-0.2, 0) is 77.2 Å². The van der Waals surface area contributed by atoms with E-state index in [0.717, 1.165) is 13.3 Å². The number of fused-ring (bicyclic) bond motifs is 4. The highest BCUT2D eigenvalue weighted by Crippen LogP contribution is 2.58. The third-order valence-corrected chi connectivity index (χ3v) is 15.0. The summed E-state index contributed by atoms with van der Waals surface area (Å²) in [6.07, 6.45) is -8.61. The minimum atomic E-state index is -4.52. The van der Waals surface area contributed by atoms with Crippen LogP contribution < -0.4 is 32.6 Å². The standard InChI is InChI=1S/C41H51F4N11O19P2S2/c1-18-23(42)25(44)26(45)33(24(18)43)73-22(58)3-5-65-7-9-67-11-13-68-12-10-66-8-6-64-4-2-21(57)50-27-31-19(71-38(27)55-16-48-28-34(55)51-40(46)53-36(28)60)14-69-77(63,79)75-32-20(15-70-76(62,78)74-31)72-39(30(32)59)56-17-49-29-35(56)52-41(47)54-37(29)61/h16-17,19-20,27,30-32,38-39,59H,2-15H2,1H3,(H,50,57)(H,62,78)(H,63,79)(H3,46,51,53,60)(H3,47,52,54,61)/t19-,20-,27+,30?,31?,32+,38-,39-,76?,77?/m1/s1. The quantitative estimate of drug-likeness (QED) is 0.00682. The normalized spacial score (nSPS) is 26.4. The Morgan fingerprint density at radius 1 is 0.759 bits per heavy atom. The molecular weight excluding hydrogens is 1150 g/mol. The van der Waals surface area contributed by atoms with Crippen molar-refractivity contribution in [1.82, 2.24) is 44.4 Å². The van der Waals surface area contributed by atoms with Gasteiger partial charge in [0.15, 0.2) is 52.2 Å². The number of rotatable bonds is 22. The van der Waals surface area contributed by atoms with Crippen LogP contribution in [0.15, 0.2) is 22.2 Å². The molecule has 5 aromatic rings. The van der Waals surface area contributed by atoms with Gasteiger partial charge in [0, 0.05) is 12.0 Å². The highest BCUT2D eigenvalue weighted by molar-refractivity contribution is 8.44. The number of aliphatic hydroxyl groups excluding tert-OH is 1. The molecule has 9 N–H and O–H groups in total. The molecule has 10 atom stereocenters. The number of anilines is 2. The molecule has 4 unspecified atom stereocenters. The van der Waals surface area contributed by atoms with Gasteiger partial charge < -0.3 is 73.7 Å². The van der Waals surface area contributed by atoms with E-state index < -0.39 is 140 Å². The molecule has 3 saturated heterocycles. The van der Waals surface area contributed by atoms with Crippen LogP contribution in [0.3, 0.4) is 0 Å². The lowest BCUT2D eigenvalue weighted by atomic mass is 10.1. The summed E-state index contributed by atoms with van der Waals surface area (Å²) < 4.78 is 139. The minimum Gasteiger partial charge on any atom is -0.420 e. The van der Waals surface area contributed by atoms with Gasteiger partial charge in [0.1, 0.15) is 36.6 Å². The molecule has 30 nitrogen and oxygen atoms in total. The fraction of sp³-hybridized carbons (Fsp3) is 0.561. The number of halogens is 4. The van der Waals surface area contributed by atoms with Gasteiger partial charge in [0.25, 0.3) is 11.1 Å². The summed E-state index contributed by atoms with van der Waals surface area (Å²) in [5.74, 6) is -10.8. The Labute approximate surface area is 451 Å². The number of nitrogens with one attached hydrogen (secondary N) is 3. The first-order valence-electron chi connectivity index (χ1n) is 23.6. The number of amides is 1. The van der Waals surface area contributed by atoms with Crippen molar-refractivity contribution < 1.29 is 97.7 Å². The van der Waals surface area contributed by atoms with E-state index in [1.807, 2.05) is 0 Å². The average molecular weight is 1200 g/mol. The highest BCUT2D eigenvalue weighted by atomic mass is 32.7. The number of hydrogen-bond acceptors (Lipinski definition) is 25. The number of hydrogen-bond donors (Lipinski definition) is 8. The van der Waals surface area contributed by atoms with Crippen molar-refractivity contribution in [1.29, 1.82) is 0 Å². The minimum absolute atomic E-state index is 0.0434. The van der Waals surface area contributed by atoms with Crippen molar-refractivity contribution in [3.8, 4) is 5.75 Å². The van der Waals surface area contributed by atoms with Crippen LogP contribution in [0.1, 0.15) is 30.9 Å². The maximum atomic E-state index is 14.1. The van der Waals surface area contributed by atoms with Crippen molar-refractivity contribution in [2.75, 3.05) is 90.7 Å². The van der Waals surface area contributed by atoms with Crippen molar-refractivity contribution in [3.05, 3.63) is 62.2 Å². The largest absolute Gasteiger partial charge is 0.420 e. The first-order chi connectivity index (χ1) is 37.6. The molecule has 0 saturated carbocycles. The Morgan fingerprint density at radius 3 is 1.82 bits per heavy atom. The van der Waals surface area contributed by atoms with Crippen LogP contribution in [0, 0.1) is 30.2 Å². The van der Waals surface area contributed by atoms with Gasteiger partial charge in [0.05, 0.1) is 98.4 Å². The fourth-order valence-corrected chi connectivity index (χ4v) is 11.1.